The summed E-state index contributed by atoms with van der Waals surface area (Å²) in [5, 5.41) is 0.845. The Morgan fingerprint density at radius 2 is 2.05 bits per heavy atom. The Labute approximate surface area is 117 Å². The summed E-state index contributed by atoms with van der Waals surface area (Å²) < 4.78 is 5.29. The molecule has 2 aromatic rings. The van der Waals surface area contributed by atoms with Crippen molar-refractivity contribution in [2.75, 3.05) is 5.43 Å². The maximum Gasteiger partial charge on any atom is 0.144 e. The highest BCUT2D eigenvalue weighted by Gasteiger charge is 2.19. The average Bonchev–Trinajstić information content (AvgIpc) is 2.73. The molecule has 0 spiro atoms. The Balaban J connectivity index is 2.37. The molecule has 0 unspecified atom stereocenters. The Bertz CT molecular complexity index is 574. The minimum Gasteiger partial charge on any atom is -0.468 e. The van der Waals surface area contributed by atoms with E-state index < -0.39 is 0 Å². The highest BCUT2D eigenvalue weighted by molar-refractivity contribution is 7.99. The van der Waals surface area contributed by atoms with Gasteiger partial charge in [0.15, 0.2) is 0 Å². The molecule has 19 heavy (non-hydrogen) atoms. The van der Waals surface area contributed by atoms with Crippen LogP contribution in [-0.2, 0) is 5.41 Å². The van der Waals surface area contributed by atoms with Crippen molar-refractivity contribution in [3.8, 4) is 0 Å². The minimum absolute atomic E-state index is 0.131. The molecule has 0 aromatic carbocycles. The average molecular weight is 278 g/mol. The number of rotatable bonds is 3. The van der Waals surface area contributed by atoms with Crippen molar-refractivity contribution in [1.29, 1.82) is 0 Å². The summed E-state index contributed by atoms with van der Waals surface area (Å²) >= 11 is 1.54. The number of furan rings is 1. The first-order valence-electron chi connectivity index (χ1n) is 5.98. The second kappa shape index (κ2) is 5.22. The maximum absolute atomic E-state index is 5.47. The number of nitrogens with one attached hydrogen (secondary N) is 1. The first-order chi connectivity index (χ1) is 8.90. The molecule has 6 heteroatoms. The standard InChI is InChI=1S/C13H18N4OS/c1-8-9(5-6-18-8)19-11-7-10(17-14)15-12(16-11)13(2,3)4/h5-7H,14H2,1-4H3,(H,15,16,17). The molecule has 2 heterocycles. The molecule has 0 atom stereocenters. The molecule has 0 aliphatic carbocycles. The van der Waals surface area contributed by atoms with Crippen LogP contribution in [0.1, 0.15) is 32.4 Å². The smallest absolute Gasteiger partial charge is 0.144 e. The molecule has 0 aliphatic rings. The number of anilines is 1. The van der Waals surface area contributed by atoms with Crippen LogP contribution in [0.3, 0.4) is 0 Å². The van der Waals surface area contributed by atoms with Crippen molar-refractivity contribution in [3.63, 3.8) is 0 Å². The fourth-order valence-corrected chi connectivity index (χ4v) is 2.32. The summed E-state index contributed by atoms with van der Waals surface area (Å²) in [5.74, 6) is 7.71. The van der Waals surface area contributed by atoms with Crippen molar-refractivity contribution >= 4 is 17.6 Å². The normalized spacial score (nSPS) is 11.6. The lowest BCUT2D eigenvalue weighted by Crippen LogP contribution is -2.19. The summed E-state index contributed by atoms with van der Waals surface area (Å²) in [7, 11) is 0. The van der Waals surface area contributed by atoms with Gasteiger partial charge in [-0.15, -0.1) is 0 Å². The first-order valence-corrected chi connectivity index (χ1v) is 6.80. The van der Waals surface area contributed by atoms with E-state index >= 15 is 0 Å². The highest BCUT2D eigenvalue weighted by Crippen LogP contribution is 2.32. The van der Waals surface area contributed by atoms with Gasteiger partial charge in [0.05, 0.1) is 11.2 Å². The van der Waals surface area contributed by atoms with Crippen LogP contribution in [0, 0.1) is 6.92 Å². The summed E-state index contributed by atoms with van der Waals surface area (Å²) in [6.45, 7) is 8.14. The second-order valence-corrected chi connectivity index (χ2v) is 6.31. The van der Waals surface area contributed by atoms with Crippen LogP contribution in [0.5, 0.6) is 0 Å². The van der Waals surface area contributed by atoms with E-state index in [9.17, 15) is 0 Å². The molecule has 2 rings (SSSR count). The van der Waals surface area contributed by atoms with Crippen LogP contribution in [0.15, 0.2) is 32.7 Å². The molecule has 0 fully saturated rings. The number of hydrogen-bond acceptors (Lipinski definition) is 6. The van der Waals surface area contributed by atoms with Crippen LogP contribution in [0.4, 0.5) is 5.82 Å². The quantitative estimate of drug-likeness (QED) is 0.510. The van der Waals surface area contributed by atoms with Gasteiger partial charge in [-0.05, 0) is 13.0 Å². The predicted octanol–water partition coefficient (Wildman–Crippen LogP) is 3.11. The highest BCUT2D eigenvalue weighted by atomic mass is 32.2. The molecule has 0 saturated heterocycles. The Kier molecular flexibility index (Phi) is 3.82. The van der Waals surface area contributed by atoms with Gasteiger partial charge in [-0.25, -0.2) is 15.8 Å². The molecule has 2 aromatic heterocycles. The number of nitrogen functional groups attached to an aromatic ring is 1. The van der Waals surface area contributed by atoms with E-state index in [1.807, 2.05) is 19.1 Å². The van der Waals surface area contributed by atoms with E-state index in [1.54, 1.807) is 18.0 Å². The Hall–Kier alpha value is -1.53. The molecule has 0 amide bonds. The van der Waals surface area contributed by atoms with Crippen LogP contribution >= 0.6 is 11.8 Å². The summed E-state index contributed by atoms with van der Waals surface area (Å²) in [5.41, 5.74) is 2.45. The van der Waals surface area contributed by atoms with Gasteiger partial charge >= 0.3 is 0 Å². The third kappa shape index (κ3) is 3.27. The zero-order valence-electron chi connectivity index (χ0n) is 11.5. The molecule has 0 bridgehead atoms. The van der Waals surface area contributed by atoms with E-state index in [4.69, 9.17) is 10.3 Å². The van der Waals surface area contributed by atoms with Crippen LogP contribution < -0.4 is 11.3 Å². The van der Waals surface area contributed by atoms with E-state index in [0.717, 1.165) is 21.5 Å². The van der Waals surface area contributed by atoms with Gasteiger partial charge in [0.25, 0.3) is 0 Å². The monoisotopic (exact) mass is 278 g/mol. The van der Waals surface area contributed by atoms with Gasteiger partial charge in [-0.1, -0.05) is 32.5 Å². The van der Waals surface area contributed by atoms with E-state index in [-0.39, 0.29) is 5.41 Å². The third-order valence-electron chi connectivity index (χ3n) is 2.55. The van der Waals surface area contributed by atoms with Gasteiger partial charge in [0, 0.05) is 11.5 Å². The van der Waals surface area contributed by atoms with Crippen molar-refractivity contribution in [3.05, 3.63) is 30.0 Å². The lowest BCUT2D eigenvalue weighted by Gasteiger charge is -2.18. The Morgan fingerprint density at radius 1 is 1.32 bits per heavy atom. The molecule has 0 aliphatic heterocycles. The largest absolute Gasteiger partial charge is 0.468 e. The van der Waals surface area contributed by atoms with Gasteiger partial charge in [0.1, 0.15) is 22.4 Å². The lowest BCUT2D eigenvalue weighted by molar-refractivity contribution is 0.526. The van der Waals surface area contributed by atoms with Crippen LogP contribution in [0.25, 0.3) is 0 Å². The van der Waals surface area contributed by atoms with Gasteiger partial charge < -0.3 is 9.84 Å². The molecule has 5 nitrogen and oxygen atoms in total. The maximum atomic E-state index is 5.47. The third-order valence-corrected chi connectivity index (χ3v) is 3.61. The summed E-state index contributed by atoms with van der Waals surface area (Å²) in [4.78, 5) is 10.0. The zero-order valence-corrected chi connectivity index (χ0v) is 12.3. The molecule has 102 valence electrons. The lowest BCUT2D eigenvalue weighted by atomic mass is 9.96. The number of nitrogens with two attached hydrogens (primary N) is 1. The van der Waals surface area contributed by atoms with Gasteiger partial charge in [-0.3, -0.25) is 0 Å². The molecule has 3 N–H and O–H groups in total. The van der Waals surface area contributed by atoms with Gasteiger partial charge in [-0.2, -0.15) is 0 Å². The summed E-state index contributed by atoms with van der Waals surface area (Å²) in [6, 6.07) is 3.75. The summed E-state index contributed by atoms with van der Waals surface area (Å²) in [6.07, 6.45) is 1.67. The predicted molar refractivity (Wildman–Crippen MR) is 76.1 cm³/mol. The number of nitrogens with zero attached hydrogens (tertiary/aromatic N) is 2. The second-order valence-electron chi connectivity index (χ2n) is 5.25. The Morgan fingerprint density at radius 3 is 2.58 bits per heavy atom. The SMILES string of the molecule is Cc1occc1Sc1cc(NN)nc(C(C)(C)C)n1. The topological polar surface area (TPSA) is 77.0 Å². The van der Waals surface area contributed by atoms with Gasteiger partial charge in [0.2, 0.25) is 0 Å². The van der Waals surface area contributed by atoms with Crippen molar-refractivity contribution in [2.24, 2.45) is 5.84 Å². The first kappa shape index (κ1) is 13.9. The molecule has 0 radical (unpaired) electrons. The van der Waals surface area contributed by atoms with Crippen LogP contribution in [-0.4, -0.2) is 9.97 Å². The van der Waals surface area contributed by atoms with Crippen molar-refractivity contribution < 1.29 is 4.42 Å². The van der Waals surface area contributed by atoms with E-state index in [2.05, 4.69) is 36.2 Å². The molecular weight excluding hydrogens is 260 g/mol. The van der Waals surface area contributed by atoms with E-state index in [1.165, 1.54) is 0 Å². The number of aromatic nitrogens is 2. The number of hydrogen-bond donors (Lipinski definition) is 2. The fourth-order valence-electron chi connectivity index (χ4n) is 1.48. The van der Waals surface area contributed by atoms with Crippen molar-refractivity contribution in [1.82, 2.24) is 9.97 Å². The zero-order chi connectivity index (χ0) is 14.0. The fraction of sp³-hybridized carbons (Fsp3) is 0.385. The minimum atomic E-state index is -0.131. The number of hydrazine groups is 1. The number of aryl methyl sites for hydroxylation is 1. The van der Waals surface area contributed by atoms with E-state index in [0.29, 0.717) is 5.82 Å². The molecular formula is C13H18N4OS. The van der Waals surface area contributed by atoms with Crippen molar-refractivity contribution in [2.45, 2.75) is 43.0 Å². The van der Waals surface area contributed by atoms with Crippen LogP contribution in [0.2, 0.25) is 0 Å². The molecule has 0 saturated carbocycles.